The van der Waals surface area contributed by atoms with Gasteiger partial charge in [-0.15, -0.1) is 0 Å². The lowest BCUT2D eigenvalue weighted by molar-refractivity contribution is 0.670. The maximum Gasteiger partial charge on any atom is 0.143 e. The summed E-state index contributed by atoms with van der Waals surface area (Å²) in [5, 5.41) is 4.77. The molecular formula is C42H27NO. The van der Waals surface area contributed by atoms with Crippen LogP contribution in [0.15, 0.2) is 168 Å². The van der Waals surface area contributed by atoms with Gasteiger partial charge in [0.25, 0.3) is 0 Å². The zero-order valence-corrected chi connectivity index (χ0v) is 23.9. The number of hydrogen-bond acceptors (Lipinski definition) is 1. The summed E-state index contributed by atoms with van der Waals surface area (Å²) in [7, 11) is 0. The molecule has 9 rings (SSSR count). The predicted molar refractivity (Wildman–Crippen MR) is 184 cm³/mol. The zero-order chi connectivity index (χ0) is 29.0. The maximum absolute atomic E-state index is 6.38. The molecular weight excluding hydrogens is 534 g/mol. The molecule has 0 N–H and O–H groups in total. The molecule has 0 aliphatic rings. The Kier molecular flexibility index (Phi) is 5.54. The standard InChI is InChI=1S/C42H27NO/c1-2-9-28(10-3-1)29-17-19-30(20-18-29)31-21-24-33(25-22-31)43-39-15-6-4-11-35(39)38-27-32(23-26-40(38)43)34-13-8-14-37-36-12-5-7-16-41(36)44-42(34)37/h1-27H. The molecule has 0 amide bonds. The molecule has 0 saturated heterocycles. The molecule has 0 aliphatic carbocycles. The Balaban J connectivity index is 1.13. The van der Waals surface area contributed by atoms with Crippen LogP contribution in [0.25, 0.3) is 82.8 Å². The molecule has 0 spiro atoms. The molecule has 0 aliphatic heterocycles. The first kappa shape index (κ1) is 24.7. The summed E-state index contributed by atoms with van der Waals surface area (Å²) in [5.74, 6) is 0. The highest BCUT2D eigenvalue weighted by Crippen LogP contribution is 2.39. The van der Waals surface area contributed by atoms with Gasteiger partial charge < -0.3 is 8.98 Å². The maximum atomic E-state index is 6.38. The lowest BCUT2D eigenvalue weighted by Gasteiger charge is -2.10. The van der Waals surface area contributed by atoms with E-state index < -0.39 is 0 Å². The number of para-hydroxylation sites is 3. The van der Waals surface area contributed by atoms with Gasteiger partial charge in [-0.1, -0.05) is 127 Å². The smallest absolute Gasteiger partial charge is 0.143 e. The second-order valence-electron chi connectivity index (χ2n) is 11.4. The molecule has 206 valence electrons. The van der Waals surface area contributed by atoms with Crippen molar-refractivity contribution in [2.75, 3.05) is 0 Å². The van der Waals surface area contributed by atoms with Crippen molar-refractivity contribution in [1.82, 2.24) is 4.57 Å². The van der Waals surface area contributed by atoms with Crippen molar-refractivity contribution in [3.63, 3.8) is 0 Å². The summed E-state index contributed by atoms with van der Waals surface area (Å²) in [6, 6.07) is 58.5. The van der Waals surface area contributed by atoms with Gasteiger partial charge in [-0.2, -0.15) is 0 Å². The van der Waals surface area contributed by atoms with E-state index in [0.29, 0.717) is 0 Å². The van der Waals surface area contributed by atoms with Crippen LogP contribution in [0.5, 0.6) is 0 Å². The van der Waals surface area contributed by atoms with Gasteiger partial charge in [-0.05, 0) is 64.2 Å². The van der Waals surface area contributed by atoms with Crippen molar-refractivity contribution >= 4 is 43.7 Å². The first-order chi connectivity index (χ1) is 21.8. The summed E-state index contributed by atoms with van der Waals surface area (Å²) >= 11 is 0. The van der Waals surface area contributed by atoms with Crippen LogP contribution in [0.3, 0.4) is 0 Å². The van der Waals surface area contributed by atoms with E-state index in [-0.39, 0.29) is 0 Å². The Morgan fingerprint density at radius 1 is 0.364 bits per heavy atom. The fraction of sp³-hybridized carbons (Fsp3) is 0. The quantitative estimate of drug-likeness (QED) is 0.209. The molecule has 0 unspecified atom stereocenters. The van der Waals surface area contributed by atoms with Crippen molar-refractivity contribution in [2.45, 2.75) is 0 Å². The van der Waals surface area contributed by atoms with E-state index in [4.69, 9.17) is 4.42 Å². The predicted octanol–water partition coefficient (Wildman–Crippen LogP) is 11.7. The number of aromatic nitrogens is 1. The lowest BCUT2D eigenvalue weighted by Crippen LogP contribution is -1.93. The van der Waals surface area contributed by atoms with E-state index in [0.717, 1.165) is 38.8 Å². The van der Waals surface area contributed by atoms with Crippen molar-refractivity contribution < 1.29 is 4.42 Å². The van der Waals surface area contributed by atoms with Crippen LogP contribution in [-0.4, -0.2) is 4.57 Å². The van der Waals surface area contributed by atoms with E-state index in [1.54, 1.807) is 0 Å². The van der Waals surface area contributed by atoms with Crippen molar-refractivity contribution in [3.8, 4) is 39.1 Å². The summed E-state index contributed by atoms with van der Waals surface area (Å²) in [6.45, 7) is 0. The SMILES string of the molecule is c1ccc(-c2ccc(-c3ccc(-n4c5ccccc5c5cc(-c6cccc7c6oc6ccccc67)ccc54)cc3)cc2)cc1. The van der Waals surface area contributed by atoms with Crippen LogP contribution in [0.1, 0.15) is 0 Å². The number of hydrogen-bond donors (Lipinski definition) is 0. The fourth-order valence-corrected chi connectivity index (χ4v) is 6.68. The lowest BCUT2D eigenvalue weighted by atomic mass is 10.00. The van der Waals surface area contributed by atoms with Gasteiger partial charge in [0, 0.05) is 32.8 Å². The van der Waals surface area contributed by atoms with Crippen LogP contribution in [0, 0.1) is 0 Å². The van der Waals surface area contributed by atoms with Crippen LogP contribution in [0.2, 0.25) is 0 Å². The van der Waals surface area contributed by atoms with Crippen LogP contribution in [-0.2, 0) is 0 Å². The summed E-state index contributed by atoms with van der Waals surface area (Å²) in [4.78, 5) is 0. The monoisotopic (exact) mass is 561 g/mol. The third kappa shape index (κ3) is 3.89. The minimum Gasteiger partial charge on any atom is -0.455 e. The first-order valence-corrected chi connectivity index (χ1v) is 15.0. The van der Waals surface area contributed by atoms with E-state index in [9.17, 15) is 0 Å². The Morgan fingerprint density at radius 2 is 0.932 bits per heavy atom. The third-order valence-electron chi connectivity index (χ3n) is 8.84. The summed E-state index contributed by atoms with van der Waals surface area (Å²) < 4.78 is 8.76. The summed E-state index contributed by atoms with van der Waals surface area (Å²) in [5.41, 5.74) is 12.5. The van der Waals surface area contributed by atoms with Crippen LogP contribution >= 0.6 is 0 Å². The molecule has 0 saturated carbocycles. The Morgan fingerprint density at radius 3 is 1.70 bits per heavy atom. The second-order valence-corrected chi connectivity index (χ2v) is 11.4. The molecule has 2 nitrogen and oxygen atoms in total. The zero-order valence-electron chi connectivity index (χ0n) is 23.9. The highest BCUT2D eigenvalue weighted by Gasteiger charge is 2.16. The molecule has 44 heavy (non-hydrogen) atoms. The highest BCUT2D eigenvalue weighted by molar-refractivity contribution is 6.13. The van der Waals surface area contributed by atoms with Gasteiger partial charge in [0.2, 0.25) is 0 Å². The average molecular weight is 562 g/mol. The highest BCUT2D eigenvalue weighted by atomic mass is 16.3. The van der Waals surface area contributed by atoms with Gasteiger partial charge in [-0.3, -0.25) is 0 Å². The molecule has 9 aromatic rings. The Labute approximate surface area is 255 Å². The van der Waals surface area contributed by atoms with Gasteiger partial charge in [0.05, 0.1) is 11.0 Å². The number of nitrogens with zero attached hydrogens (tertiary/aromatic N) is 1. The van der Waals surface area contributed by atoms with Gasteiger partial charge in [0.15, 0.2) is 0 Å². The van der Waals surface area contributed by atoms with Crippen molar-refractivity contribution in [3.05, 3.63) is 164 Å². The van der Waals surface area contributed by atoms with Gasteiger partial charge >= 0.3 is 0 Å². The molecule has 2 heteroatoms. The molecule has 2 heterocycles. The number of rotatable bonds is 4. The van der Waals surface area contributed by atoms with Crippen LogP contribution < -0.4 is 0 Å². The molecule has 0 bridgehead atoms. The number of furan rings is 1. The fourth-order valence-electron chi connectivity index (χ4n) is 6.68. The first-order valence-electron chi connectivity index (χ1n) is 15.0. The molecule has 0 fully saturated rings. The Hall–Kier alpha value is -5.86. The van der Waals surface area contributed by atoms with E-state index >= 15 is 0 Å². The number of benzene rings is 7. The van der Waals surface area contributed by atoms with E-state index in [1.165, 1.54) is 44.1 Å². The van der Waals surface area contributed by atoms with Crippen LogP contribution in [0.4, 0.5) is 0 Å². The van der Waals surface area contributed by atoms with Gasteiger partial charge in [-0.25, -0.2) is 0 Å². The summed E-state index contributed by atoms with van der Waals surface area (Å²) in [6.07, 6.45) is 0. The second kappa shape index (κ2) is 9.86. The largest absolute Gasteiger partial charge is 0.455 e. The van der Waals surface area contributed by atoms with E-state index in [2.05, 4.69) is 156 Å². The topological polar surface area (TPSA) is 18.1 Å². The number of fused-ring (bicyclic) bond motifs is 6. The van der Waals surface area contributed by atoms with Crippen molar-refractivity contribution in [2.24, 2.45) is 0 Å². The van der Waals surface area contributed by atoms with Crippen molar-refractivity contribution in [1.29, 1.82) is 0 Å². The molecule has 0 atom stereocenters. The normalized spacial score (nSPS) is 11.6. The molecule has 7 aromatic carbocycles. The van der Waals surface area contributed by atoms with Gasteiger partial charge in [0.1, 0.15) is 11.2 Å². The average Bonchev–Trinajstić information content (AvgIpc) is 3.64. The molecule has 0 radical (unpaired) electrons. The third-order valence-corrected chi connectivity index (χ3v) is 8.84. The minimum absolute atomic E-state index is 0.920. The molecule has 2 aromatic heterocycles. The minimum atomic E-state index is 0.920. The Bertz CT molecular complexity index is 2460. The van der Waals surface area contributed by atoms with E-state index in [1.807, 2.05) is 12.1 Å².